The van der Waals surface area contributed by atoms with Crippen LogP contribution in [0.15, 0.2) is 24.4 Å². The molecular weight excluding hydrogens is 402 g/mol. The second-order valence-corrected chi connectivity index (χ2v) is 7.32. The van der Waals surface area contributed by atoms with Crippen molar-refractivity contribution in [3.63, 3.8) is 0 Å². The first kappa shape index (κ1) is 24.1. The highest BCUT2D eigenvalue weighted by molar-refractivity contribution is 6.26. The monoisotopic (exact) mass is 431 g/mol. The molecule has 2 rings (SSSR count). The maximum atomic E-state index is 12.9. The van der Waals surface area contributed by atoms with Crippen molar-refractivity contribution >= 4 is 34.8 Å². The number of fused-ring (bicyclic) bond motifs is 1. The van der Waals surface area contributed by atoms with Crippen LogP contribution in [0, 0.1) is 5.41 Å². The molecule has 0 fully saturated rings. The molecule has 0 aliphatic rings. The number of esters is 1. The number of Topliss-reactive ketones (excluding diaryl/α,β-unsaturated/α-hetero) is 1. The van der Waals surface area contributed by atoms with Crippen LogP contribution in [-0.4, -0.2) is 61.3 Å². The molecule has 0 aliphatic heterocycles. The summed E-state index contributed by atoms with van der Waals surface area (Å²) in [4.78, 5) is 39.9. The molecule has 0 saturated carbocycles. The number of hydrogen-bond acceptors (Lipinski definition) is 7. The number of H-pyrrole nitrogens is 1. The maximum absolute atomic E-state index is 12.9. The Labute approximate surface area is 180 Å². The van der Waals surface area contributed by atoms with E-state index < -0.39 is 29.8 Å². The largest absolute Gasteiger partial charge is 0.496 e. The third-order valence-corrected chi connectivity index (χ3v) is 4.74. The summed E-state index contributed by atoms with van der Waals surface area (Å²) in [6.45, 7) is 3.39. The lowest BCUT2D eigenvalue weighted by atomic mass is 10.0. The van der Waals surface area contributed by atoms with Crippen LogP contribution in [0.5, 0.6) is 5.75 Å². The highest BCUT2D eigenvalue weighted by Gasteiger charge is 2.28. The molecule has 0 saturated heterocycles. The second kappa shape index (κ2) is 11.3. The molecule has 2 atom stereocenters. The highest BCUT2D eigenvalue weighted by atomic mass is 16.5. The minimum absolute atomic E-state index is 0.0306. The van der Waals surface area contributed by atoms with Gasteiger partial charge in [0.1, 0.15) is 17.9 Å². The van der Waals surface area contributed by atoms with Crippen molar-refractivity contribution in [1.29, 1.82) is 5.41 Å². The Bertz CT molecular complexity index is 936. The van der Waals surface area contributed by atoms with Crippen molar-refractivity contribution in [2.75, 3.05) is 14.2 Å². The van der Waals surface area contributed by atoms with Gasteiger partial charge in [-0.2, -0.15) is 0 Å². The minimum Gasteiger partial charge on any atom is -0.496 e. The quantitative estimate of drug-likeness (QED) is 0.349. The standard InChI is InChI=1S/C22H29N3O6/c1-13(2)31-22(28)17(9-8-15(26)11-23)25-21(27)19(30-4)10-14-12-24-16-6-5-7-18(29-3)20(14)16/h5-7,11-13,17,19,23-24H,8-10H2,1-4H3,(H,25,27)/t17-,19-/m0/s1. The number of ether oxygens (including phenoxy) is 3. The smallest absolute Gasteiger partial charge is 0.328 e. The summed E-state index contributed by atoms with van der Waals surface area (Å²) < 4.78 is 16.0. The van der Waals surface area contributed by atoms with Crippen molar-refractivity contribution in [3.05, 3.63) is 30.0 Å². The number of ketones is 1. The third-order valence-electron chi connectivity index (χ3n) is 4.74. The van der Waals surface area contributed by atoms with Crippen molar-refractivity contribution in [3.8, 4) is 5.75 Å². The number of aromatic nitrogens is 1. The molecule has 3 N–H and O–H groups in total. The third kappa shape index (κ3) is 6.39. The number of nitrogens with one attached hydrogen (secondary N) is 3. The Morgan fingerprint density at radius 3 is 2.58 bits per heavy atom. The lowest BCUT2D eigenvalue weighted by molar-refractivity contribution is -0.152. The van der Waals surface area contributed by atoms with Gasteiger partial charge in [-0.25, -0.2) is 4.79 Å². The second-order valence-electron chi connectivity index (χ2n) is 7.32. The van der Waals surface area contributed by atoms with Crippen LogP contribution in [0.1, 0.15) is 32.3 Å². The molecule has 9 heteroatoms. The van der Waals surface area contributed by atoms with E-state index >= 15 is 0 Å². The van der Waals surface area contributed by atoms with Crippen LogP contribution in [0.3, 0.4) is 0 Å². The van der Waals surface area contributed by atoms with E-state index in [9.17, 15) is 14.4 Å². The molecule has 168 valence electrons. The fourth-order valence-corrected chi connectivity index (χ4v) is 3.22. The fourth-order valence-electron chi connectivity index (χ4n) is 3.22. The van der Waals surface area contributed by atoms with E-state index in [0.717, 1.165) is 16.5 Å². The summed E-state index contributed by atoms with van der Waals surface area (Å²) in [5, 5.41) is 10.5. The minimum atomic E-state index is -1.02. The molecule has 0 spiro atoms. The zero-order valence-corrected chi connectivity index (χ0v) is 18.2. The van der Waals surface area contributed by atoms with Crippen LogP contribution in [0.4, 0.5) is 0 Å². The lowest BCUT2D eigenvalue weighted by Gasteiger charge is -2.22. The summed E-state index contributed by atoms with van der Waals surface area (Å²) in [6, 6.07) is 4.58. The van der Waals surface area contributed by atoms with Gasteiger partial charge in [0.2, 0.25) is 5.91 Å². The van der Waals surface area contributed by atoms with Crippen molar-refractivity contribution in [2.45, 2.75) is 51.4 Å². The van der Waals surface area contributed by atoms with Gasteiger partial charge in [-0.15, -0.1) is 0 Å². The summed E-state index contributed by atoms with van der Waals surface area (Å²) in [6.07, 6.45) is 1.45. The number of aromatic amines is 1. The first-order valence-corrected chi connectivity index (χ1v) is 10.0. The number of methoxy groups -OCH3 is 2. The van der Waals surface area contributed by atoms with Gasteiger partial charge in [-0.1, -0.05) is 6.07 Å². The van der Waals surface area contributed by atoms with Gasteiger partial charge in [0.05, 0.1) is 19.4 Å². The maximum Gasteiger partial charge on any atom is 0.328 e. The van der Waals surface area contributed by atoms with E-state index in [2.05, 4.69) is 10.3 Å². The van der Waals surface area contributed by atoms with Crippen LogP contribution in [0.25, 0.3) is 10.9 Å². The SMILES string of the molecule is COc1cccc2[nH]cc(C[C@H](OC)C(=O)N[C@@H](CCC(=O)C=N)C(=O)OC(C)C)c12. The van der Waals surface area contributed by atoms with Crippen LogP contribution < -0.4 is 10.1 Å². The van der Waals surface area contributed by atoms with E-state index in [1.165, 1.54) is 7.11 Å². The van der Waals surface area contributed by atoms with Gasteiger partial charge in [0.15, 0.2) is 5.78 Å². The number of benzene rings is 1. The van der Waals surface area contributed by atoms with Crippen LogP contribution in [0.2, 0.25) is 0 Å². The molecule has 31 heavy (non-hydrogen) atoms. The van der Waals surface area contributed by atoms with E-state index in [4.69, 9.17) is 19.6 Å². The van der Waals surface area contributed by atoms with Gasteiger partial charge >= 0.3 is 5.97 Å². The molecule has 1 amide bonds. The first-order chi connectivity index (χ1) is 14.8. The molecule has 1 heterocycles. The normalized spacial score (nSPS) is 12.9. The zero-order chi connectivity index (χ0) is 23.0. The number of rotatable bonds is 12. The number of carbonyl (C=O) groups is 3. The molecule has 0 bridgehead atoms. The predicted octanol–water partition coefficient (Wildman–Crippen LogP) is 2.17. The molecule has 1 aromatic carbocycles. The number of hydrogen-bond donors (Lipinski definition) is 3. The summed E-state index contributed by atoms with van der Waals surface area (Å²) in [5.41, 5.74) is 1.70. The molecule has 0 radical (unpaired) electrons. The molecule has 0 aliphatic carbocycles. The Morgan fingerprint density at radius 2 is 1.97 bits per heavy atom. The molecule has 0 unspecified atom stereocenters. The topological polar surface area (TPSA) is 131 Å². The van der Waals surface area contributed by atoms with Gasteiger partial charge in [-0.3, -0.25) is 9.59 Å². The summed E-state index contributed by atoms with van der Waals surface area (Å²) in [5.74, 6) is -0.900. The van der Waals surface area contributed by atoms with E-state index in [1.54, 1.807) is 27.2 Å². The molecule has 2 aromatic rings. The highest BCUT2D eigenvalue weighted by Crippen LogP contribution is 2.29. The zero-order valence-electron chi connectivity index (χ0n) is 18.2. The Kier molecular flexibility index (Phi) is 8.75. The first-order valence-electron chi connectivity index (χ1n) is 10.0. The van der Waals surface area contributed by atoms with Crippen molar-refractivity contribution in [2.24, 2.45) is 0 Å². The molecule has 9 nitrogen and oxygen atoms in total. The summed E-state index contributed by atoms with van der Waals surface area (Å²) in [7, 11) is 2.99. The van der Waals surface area contributed by atoms with Crippen LogP contribution >= 0.6 is 0 Å². The number of carbonyl (C=O) groups excluding carboxylic acids is 3. The molecular formula is C22H29N3O6. The predicted molar refractivity (Wildman–Crippen MR) is 116 cm³/mol. The average Bonchev–Trinajstić information content (AvgIpc) is 3.16. The average molecular weight is 431 g/mol. The Hall–Kier alpha value is -3.20. The Balaban J connectivity index is 2.17. The van der Waals surface area contributed by atoms with E-state index in [0.29, 0.717) is 12.0 Å². The van der Waals surface area contributed by atoms with Crippen molar-refractivity contribution in [1.82, 2.24) is 10.3 Å². The molecule has 1 aromatic heterocycles. The van der Waals surface area contributed by atoms with Crippen LogP contribution in [-0.2, 0) is 30.3 Å². The van der Waals surface area contributed by atoms with E-state index in [-0.39, 0.29) is 25.4 Å². The number of amides is 1. The van der Waals surface area contributed by atoms with Gasteiger partial charge in [0.25, 0.3) is 0 Å². The van der Waals surface area contributed by atoms with Crippen molar-refractivity contribution < 1.29 is 28.6 Å². The fraction of sp³-hybridized carbons (Fsp3) is 0.455. The van der Waals surface area contributed by atoms with Gasteiger partial charge in [-0.05, 0) is 38.0 Å². The van der Waals surface area contributed by atoms with Gasteiger partial charge < -0.3 is 29.9 Å². The van der Waals surface area contributed by atoms with Gasteiger partial charge in [0, 0.05) is 37.1 Å². The summed E-state index contributed by atoms with van der Waals surface area (Å²) >= 11 is 0. The van der Waals surface area contributed by atoms with E-state index in [1.807, 2.05) is 18.2 Å². The Morgan fingerprint density at radius 1 is 1.23 bits per heavy atom. The lowest BCUT2D eigenvalue weighted by Crippen LogP contribution is -2.48.